The second-order valence-electron chi connectivity index (χ2n) is 5.62. The van der Waals surface area contributed by atoms with Crippen molar-refractivity contribution in [2.24, 2.45) is 0 Å². The Morgan fingerprint density at radius 2 is 1.57 bits per heavy atom. The highest BCUT2D eigenvalue weighted by Gasteiger charge is 2.18. The minimum atomic E-state index is -0.513. The molecule has 0 aliphatic carbocycles. The monoisotopic (exact) mass is 318 g/mol. The van der Waals surface area contributed by atoms with Crippen molar-refractivity contribution >= 4 is 11.9 Å². The SMILES string of the molecule is CCCCCCOC(=O)c1ccccc1C(=O)OCC=C(C)C. The quantitative estimate of drug-likeness (QED) is 0.381. The van der Waals surface area contributed by atoms with Gasteiger partial charge >= 0.3 is 11.9 Å². The second kappa shape index (κ2) is 10.6. The Morgan fingerprint density at radius 3 is 2.13 bits per heavy atom. The lowest BCUT2D eigenvalue weighted by atomic mass is 10.1. The minimum absolute atomic E-state index is 0.196. The zero-order valence-corrected chi connectivity index (χ0v) is 14.3. The molecule has 1 aromatic carbocycles. The van der Waals surface area contributed by atoms with Crippen LogP contribution < -0.4 is 0 Å². The molecule has 0 atom stereocenters. The van der Waals surface area contributed by atoms with Crippen molar-refractivity contribution in [3.63, 3.8) is 0 Å². The lowest BCUT2D eigenvalue weighted by molar-refractivity contribution is 0.0470. The van der Waals surface area contributed by atoms with E-state index in [1.807, 2.05) is 19.9 Å². The standard InChI is InChI=1S/C19H26O4/c1-4-5-6-9-13-22-18(20)16-10-7-8-11-17(16)19(21)23-14-12-15(2)3/h7-8,10-12H,4-6,9,13-14H2,1-3H3. The van der Waals surface area contributed by atoms with E-state index in [0.717, 1.165) is 31.3 Å². The zero-order chi connectivity index (χ0) is 17.1. The zero-order valence-electron chi connectivity index (χ0n) is 14.3. The maximum atomic E-state index is 12.1. The molecule has 0 aliphatic heterocycles. The normalized spacial score (nSPS) is 10.0. The first-order valence-corrected chi connectivity index (χ1v) is 8.13. The summed E-state index contributed by atoms with van der Waals surface area (Å²) >= 11 is 0. The van der Waals surface area contributed by atoms with Crippen molar-refractivity contribution in [3.05, 3.63) is 47.0 Å². The number of rotatable bonds is 9. The summed E-state index contributed by atoms with van der Waals surface area (Å²) < 4.78 is 10.4. The van der Waals surface area contributed by atoms with Crippen molar-refractivity contribution in [2.75, 3.05) is 13.2 Å². The molecular formula is C19H26O4. The first-order chi connectivity index (χ1) is 11.1. The predicted octanol–water partition coefficient (Wildman–Crippen LogP) is 4.55. The van der Waals surface area contributed by atoms with E-state index in [-0.39, 0.29) is 17.7 Å². The third-order valence-corrected chi connectivity index (χ3v) is 3.30. The molecule has 0 bridgehead atoms. The van der Waals surface area contributed by atoms with Crippen LogP contribution in [0.5, 0.6) is 0 Å². The second-order valence-corrected chi connectivity index (χ2v) is 5.62. The molecule has 0 heterocycles. The van der Waals surface area contributed by atoms with Crippen LogP contribution >= 0.6 is 0 Å². The fraction of sp³-hybridized carbons (Fsp3) is 0.474. The van der Waals surface area contributed by atoms with Gasteiger partial charge in [0.2, 0.25) is 0 Å². The molecule has 0 fully saturated rings. The van der Waals surface area contributed by atoms with Crippen LogP contribution in [0.25, 0.3) is 0 Å². The number of carbonyl (C=O) groups excluding carboxylic acids is 2. The first kappa shape index (κ1) is 18.9. The van der Waals surface area contributed by atoms with E-state index in [9.17, 15) is 9.59 Å². The van der Waals surface area contributed by atoms with E-state index in [4.69, 9.17) is 9.47 Å². The van der Waals surface area contributed by atoms with E-state index in [1.54, 1.807) is 24.3 Å². The minimum Gasteiger partial charge on any atom is -0.462 e. The van der Waals surface area contributed by atoms with Gasteiger partial charge in [-0.15, -0.1) is 0 Å². The van der Waals surface area contributed by atoms with Crippen LogP contribution in [0.3, 0.4) is 0 Å². The number of hydrogen-bond donors (Lipinski definition) is 0. The highest BCUT2D eigenvalue weighted by atomic mass is 16.5. The van der Waals surface area contributed by atoms with Gasteiger partial charge in [-0.05, 0) is 38.5 Å². The molecule has 0 saturated heterocycles. The van der Waals surface area contributed by atoms with Crippen molar-refractivity contribution in [1.29, 1.82) is 0 Å². The van der Waals surface area contributed by atoms with Crippen LogP contribution in [0.2, 0.25) is 0 Å². The van der Waals surface area contributed by atoms with E-state index >= 15 is 0 Å². The number of hydrogen-bond acceptors (Lipinski definition) is 4. The number of esters is 2. The van der Waals surface area contributed by atoms with Crippen LogP contribution in [0, 0.1) is 0 Å². The van der Waals surface area contributed by atoms with Gasteiger partial charge in [0.25, 0.3) is 0 Å². The molecule has 0 amide bonds. The first-order valence-electron chi connectivity index (χ1n) is 8.13. The smallest absolute Gasteiger partial charge is 0.339 e. The fourth-order valence-electron chi connectivity index (χ4n) is 1.97. The van der Waals surface area contributed by atoms with Crippen LogP contribution in [0.15, 0.2) is 35.9 Å². The molecule has 0 unspecified atom stereocenters. The van der Waals surface area contributed by atoms with Crippen molar-refractivity contribution in [1.82, 2.24) is 0 Å². The maximum absolute atomic E-state index is 12.1. The molecule has 4 heteroatoms. The highest BCUT2D eigenvalue weighted by molar-refractivity contribution is 6.03. The highest BCUT2D eigenvalue weighted by Crippen LogP contribution is 2.13. The van der Waals surface area contributed by atoms with E-state index in [1.165, 1.54) is 0 Å². The van der Waals surface area contributed by atoms with Gasteiger partial charge in [0.05, 0.1) is 17.7 Å². The molecule has 1 aromatic rings. The fourth-order valence-corrected chi connectivity index (χ4v) is 1.97. The van der Waals surface area contributed by atoms with Crippen molar-refractivity contribution in [3.8, 4) is 0 Å². The molecule has 0 aromatic heterocycles. The van der Waals surface area contributed by atoms with Gasteiger partial charge < -0.3 is 9.47 Å². The average Bonchev–Trinajstić information content (AvgIpc) is 2.54. The number of ether oxygens (including phenoxy) is 2. The van der Waals surface area contributed by atoms with Crippen LogP contribution in [0.4, 0.5) is 0 Å². The third kappa shape index (κ3) is 7.13. The van der Waals surface area contributed by atoms with E-state index in [0.29, 0.717) is 6.61 Å². The van der Waals surface area contributed by atoms with Gasteiger partial charge in [0, 0.05) is 0 Å². The van der Waals surface area contributed by atoms with Crippen LogP contribution in [-0.2, 0) is 9.47 Å². The molecule has 0 spiro atoms. The molecular weight excluding hydrogens is 292 g/mol. The summed E-state index contributed by atoms with van der Waals surface area (Å²) in [6.45, 7) is 6.56. The molecule has 0 aliphatic rings. The summed E-state index contributed by atoms with van der Waals surface area (Å²) in [5, 5.41) is 0. The van der Waals surface area contributed by atoms with Gasteiger partial charge in [-0.25, -0.2) is 9.59 Å². The van der Waals surface area contributed by atoms with Gasteiger partial charge in [-0.1, -0.05) is 43.9 Å². The summed E-state index contributed by atoms with van der Waals surface area (Å²) in [5.41, 5.74) is 1.57. The number of carbonyl (C=O) groups is 2. The van der Waals surface area contributed by atoms with Crippen molar-refractivity contribution in [2.45, 2.75) is 46.5 Å². The van der Waals surface area contributed by atoms with E-state index in [2.05, 4.69) is 6.92 Å². The van der Waals surface area contributed by atoms with Gasteiger partial charge in [0.15, 0.2) is 0 Å². The molecule has 4 nitrogen and oxygen atoms in total. The van der Waals surface area contributed by atoms with Crippen LogP contribution in [-0.4, -0.2) is 25.2 Å². The van der Waals surface area contributed by atoms with Gasteiger partial charge in [-0.2, -0.15) is 0 Å². The molecule has 126 valence electrons. The largest absolute Gasteiger partial charge is 0.462 e. The Hall–Kier alpha value is -2.10. The Labute approximate surface area is 138 Å². The topological polar surface area (TPSA) is 52.6 Å². The third-order valence-electron chi connectivity index (χ3n) is 3.30. The molecule has 0 saturated carbocycles. The molecule has 1 rings (SSSR count). The van der Waals surface area contributed by atoms with Gasteiger partial charge in [0.1, 0.15) is 6.61 Å². The summed E-state index contributed by atoms with van der Waals surface area (Å²) in [5.74, 6) is -0.989. The number of benzene rings is 1. The molecule has 0 N–H and O–H groups in total. The van der Waals surface area contributed by atoms with Crippen molar-refractivity contribution < 1.29 is 19.1 Å². The van der Waals surface area contributed by atoms with Crippen LogP contribution in [0.1, 0.15) is 67.2 Å². The summed E-state index contributed by atoms with van der Waals surface area (Å²) in [6, 6.07) is 6.58. The average molecular weight is 318 g/mol. The molecule has 23 heavy (non-hydrogen) atoms. The van der Waals surface area contributed by atoms with Gasteiger partial charge in [-0.3, -0.25) is 0 Å². The Bertz CT molecular complexity index is 542. The molecule has 0 radical (unpaired) electrons. The number of allylic oxidation sites excluding steroid dienone is 1. The Kier molecular flexibility index (Phi) is 8.73. The summed E-state index contributed by atoms with van der Waals surface area (Å²) in [4.78, 5) is 24.3. The maximum Gasteiger partial charge on any atom is 0.339 e. The summed E-state index contributed by atoms with van der Waals surface area (Å²) in [7, 11) is 0. The Balaban J connectivity index is 2.63. The lowest BCUT2D eigenvalue weighted by Gasteiger charge is -2.09. The number of unbranched alkanes of at least 4 members (excludes halogenated alkanes) is 3. The van der Waals surface area contributed by atoms with E-state index < -0.39 is 11.9 Å². The lowest BCUT2D eigenvalue weighted by Crippen LogP contribution is -2.14. The Morgan fingerprint density at radius 1 is 0.957 bits per heavy atom. The predicted molar refractivity (Wildman–Crippen MR) is 90.6 cm³/mol. The summed E-state index contributed by atoms with van der Waals surface area (Å²) in [6.07, 6.45) is 5.95.